The van der Waals surface area contributed by atoms with Gasteiger partial charge in [0.15, 0.2) is 11.6 Å². The first-order chi connectivity index (χ1) is 9.63. The van der Waals surface area contributed by atoms with Gasteiger partial charge in [0, 0.05) is 18.5 Å². The molecule has 1 amide bonds. The number of rotatable bonds is 5. The molecule has 0 saturated heterocycles. The lowest BCUT2D eigenvalue weighted by molar-refractivity contribution is -0.133. The number of benzene rings is 1. The molecule has 0 radical (unpaired) electrons. The SMILES string of the molecule is O=C([C@@H]1C[C@H]1c1cccc(F)c1F)N(CCO)C1CC1. The molecular weight excluding hydrogens is 264 g/mol. The smallest absolute Gasteiger partial charge is 0.226 e. The molecule has 2 aliphatic carbocycles. The summed E-state index contributed by atoms with van der Waals surface area (Å²) in [6.07, 6.45) is 2.50. The second kappa shape index (κ2) is 5.13. The molecule has 0 bridgehead atoms. The molecule has 3 nitrogen and oxygen atoms in total. The highest BCUT2D eigenvalue weighted by Gasteiger charge is 2.49. The number of aliphatic hydroxyl groups excluding tert-OH is 1. The van der Waals surface area contributed by atoms with Gasteiger partial charge in [-0.05, 0) is 36.8 Å². The van der Waals surface area contributed by atoms with Crippen molar-refractivity contribution in [1.82, 2.24) is 4.90 Å². The van der Waals surface area contributed by atoms with Crippen LogP contribution in [0.1, 0.15) is 30.7 Å². The average molecular weight is 281 g/mol. The van der Waals surface area contributed by atoms with Gasteiger partial charge in [-0.25, -0.2) is 8.78 Å². The molecule has 20 heavy (non-hydrogen) atoms. The van der Waals surface area contributed by atoms with Gasteiger partial charge in [-0.1, -0.05) is 12.1 Å². The summed E-state index contributed by atoms with van der Waals surface area (Å²) in [6.45, 7) is 0.270. The summed E-state index contributed by atoms with van der Waals surface area (Å²) in [4.78, 5) is 14.1. The van der Waals surface area contributed by atoms with Gasteiger partial charge in [0.2, 0.25) is 5.91 Å². The van der Waals surface area contributed by atoms with Crippen molar-refractivity contribution in [2.24, 2.45) is 5.92 Å². The summed E-state index contributed by atoms with van der Waals surface area (Å²) in [7, 11) is 0. The molecule has 2 atom stereocenters. The van der Waals surface area contributed by atoms with E-state index in [2.05, 4.69) is 0 Å². The van der Waals surface area contributed by atoms with Gasteiger partial charge in [0.25, 0.3) is 0 Å². The summed E-state index contributed by atoms with van der Waals surface area (Å²) in [5, 5.41) is 9.02. The van der Waals surface area contributed by atoms with E-state index in [0.29, 0.717) is 18.5 Å². The van der Waals surface area contributed by atoms with Crippen molar-refractivity contribution in [3.8, 4) is 0 Å². The maximum absolute atomic E-state index is 13.7. The Balaban J connectivity index is 1.71. The fourth-order valence-electron chi connectivity index (χ4n) is 2.80. The molecule has 0 unspecified atom stereocenters. The Morgan fingerprint density at radius 2 is 2.10 bits per heavy atom. The topological polar surface area (TPSA) is 40.5 Å². The highest BCUT2D eigenvalue weighted by molar-refractivity contribution is 5.83. The molecule has 0 aromatic heterocycles. The van der Waals surface area contributed by atoms with E-state index < -0.39 is 11.6 Å². The van der Waals surface area contributed by atoms with Gasteiger partial charge in [-0.2, -0.15) is 0 Å². The first-order valence-corrected chi connectivity index (χ1v) is 6.98. The largest absolute Gasteiger partial charge is 0.395 e. The molecule has 1 aromatic rings. The standard InChI is InChI=1S/C15H17F2NO2/c16-13-3-1-2-10(14(13)17)11-8-12(11)15(20)18(6-7-19)9-4-5-9/h1-3,9,11-12,19H,4-8H2/t11-,12+/m0/s1. The van der Waals surface area contributed by atoms with Gasteiger partial charge in [0.05, 0.1) is 6.61 Å². The molecule has 2 aliphatic rings. The van der Waals surface area contributed by atoms with Crippen LogP contribution in [0, 0.1) is 17.6 Å². The van der Waals surface area contributed by atoms with Crippen LogP contribution in [0.4, 0.5) is 8.78 Å². The minimum atomic E-state index is -0.866. The van der Waals surface area contributed by atoms with Crippen molar-refractivity contribution in [1.29, 1.82) is 0 Å². The minimum absolute atomic E-state index is 0.0322. The first-order valence-electron chi connectivity index (χ1n) is 6.98. The first kappa shape index (κ1) is 13.5. The molecule has 2 fully saturated rings. The van der Waals surface area contributed by atoms with Crippen LogP contribution < -0.4 is 0 Å². The van der Waals surface area contributed by atoms with Crippen LogP contribution in [0.3, 0.4) is 0 Å². The maximum atomic E-state index is 13.7. The zero-order valence-electron chi connectivity index (χ0n) is 11.1. The number of nitrogens with zero attached hydrogens (tertiary/aromatic N) is 1. The third kappa shape index (κ3) is 2.42. The molecular formula is C15H17F2NO2. The summed E-state index contributed by atoms with van der Waals surface area (Å²) in [5.74, 6) is -2.23. The monoisotopic (exact) mass is 281 g/mol. The van der Waals surface area contributed by atoms with Crippen molar-refractivity contribution in [3.05, 3.63) is 35.4 Å². The van der Waals surface area contributed by atoms with Crippen LogP contribution in [0.15, 0.2) is 18.2 Å². The van der Waals surface area contributed by atoms with Gasteiger partial charge in [0.1, 0.15) is 0 Å². The Hall–Kier alpha value is -1.49. The van der Waals surface area contributed by atoms with Crippen LogP contribution in [0.2, 0.25) is 0 Å². The third-order valence-corrected chi connectivity index (χ3v) is 4.10. The quantitative estimate of drug-likeness (QED) is 0.897. The van der Waals surface area contributed by atoms with E-state index in [0.717, 1.165) is 18.9 Å². The van der Waals surface area contributed by atoms with E-state index in [1.54, 1.807) is 11.0 Å². The molecule has 108 valence electrons. The Morgan fingerprint density at radius 3 is 2.75 bits per heavy atom. The highest BCUT2D eigenvalue weighted by Crippen LogP contribution is 2.50. The van der Waals surface area contributed by atoms with E-state index in [4.69, 9.17) is 5.11 Å². The molecule has 0 aliphatic heterocycles. The molecule has 3 rings (SSSR count). The summed E-state index contributed by atoms with van der Waals surface area (Å²) in [5.41, 5.74) is 0.295. The molecule has 2 saturated carbocycles. The molecule has 1 aromatic carbocycles. The zero-order chi connectivity index (χ0) is 14.3. The lowest BCUT2D eigenvalue weighted by atomic mass is 10.1. The Labute approximate surface area is 116 Å². The van der Waals surface area contributed by atoms with E-state index in [1.165, 1.54) is 6.07 Å². The average Bonchev–Trinajstić information content (AvgIpc) is 3.30. The molecule has 0 heterocycles. The number of hydrogen-bond donors (Lipinski definition) is 1. The van der Waals surface area contributed by atoms with E-state index in [-0.39, 0.29) is 30.4 Å². The van der Waals surface area contributed by atoms with Gasteiger partial charge < -0.3 is 10.0 Å². The molecule has 1 N–H and O–H groups in total. The minimum Gasteiger partial charge on any atom is -0.395 e. The fraction of sp³-hybridized carbons (Fsp3) is 0.533. The normalized spacial score (nSPS) is 24.6. The Morgan fingerprint density at radius 1 is 1.35 bits per heavy atom. The predicted octanol–water partition coefficient (Wildman–Crippen LogP) is 2.05. The third-order valence-electron chi connectivity index (χ3n) is 4.10. The van der Waals surface area contributed by atoms with Crippen molar-refractivity contribution in [2.75, 3.05) is 13.2 Å². The highest BCUT2D eigenvalue weighted by atomic mass is 19.2. The number of amides is 1. The summed E-state index contributed by atoms with van der Waals surface area (Å²) in [6, 6.07) is 4.33. The van der Waals surface area contributed by atoms with Crippen LogP contribution in [-0.4, -0.2) is 35.1 Å². The van der Waals surface area contributed by atoms with Crippen molar-refractivity contribution in [2.45, 2.75) is 31.2 Å². The van der Waals surface area contributed by atoms with Gasteiger partial charge in [-0.15, -0.1) is 0 Å². The van der Waals surface area contributed by atoms with E-state index in [9.17, 15) is 13.6 Å². The number of hydrogen-bond acceptors (Lipinski definition) is 2. The zero-order valence-corrected chi connectivity index (χ0v) is 11.1. The fourth-order valence-corrected chi connectivity index (χ4v) is 2.80. The van der Waals surface area contributed by atoms with E-state index >= 15 is 0 Å². The Kier molecular flexibility index (Phi) is 3.46. The van der Waals surface area contributed by atoms with Crippen molar-refractivity contribution in [3.63, 3.8) is 0 Å². The Bertz CT molecular complexity index is 531. The summed E-state index contributed by atoms with van der Waals surface area (Å²) >= 11 is 0. The second-order valence-corrected chi connectivity index (χ2v) is 5.58. The molecule has 5 heteroatoms. The second-order valence-electron chi connectivity index (χ2n) is 5.58. The maximum Gasteiger partial charge on any atom is 0.226 e. The van der Waals surface area contributed by atoms with Crippen molar-refractivity contribution < 1.29 is 18.7 Å². The van der Waals surface area contributed by atoms with Gasteiger partial charge >= 0.3 is 0 Å². The number of halogens is 2. The van der Waals surface area contributed by atoms with Crippen LogP contribution in [-0.2, 0) is 4.79 Å². The van der Waals surface area contributed by atoms with Crippen LogP contribution in [0.5, 0.6) is 0 Å². The lowest BCUT2D eigenvalue weighted by Gasteiger charge is -2.21. The van der Waals surface area contributed by atoms with E-state index in [1.807, 2.05) is 0 Å². The number of carbonyl (C=O) groups is 1. The van der Waals surface area contributed by atoms with Crippen LogP contribution in [0.25, 0.3) is 0 Å². The lowest BCUT2D eigenvalue weighted by Crippen LogP contribution is -2.36. The summed E-state index contributed by atoms with van der Waals surface area (Å²) < 4.78 is 26.9. The predicted molar refractivity (Wildman–Crippen MR) is 69.0 cm³/mol. The van der Waals surface area contributed by atoms with Crippen molar-refractivity contribution >= 4 is 5.91 Å². The van der Waals surface area contributed by atoms with Gasteiger partial charge in [-0.3, -0.25) is 4.79 Å². The number of carbonyl (C=O) groups excluding carboxylic acids is 1. The number of aliphatic hydroxyl groups is 1. The molecule has 0 spiro atoms. The van der Waals surface area contributed by atoms with Crippen LogP contribution >= 0.6 is 0 Å².